The summed E-state index contributed by atoms with van der Waals surface area (Å²) in [6, 6.07) is 13.7. The minimum absolute atomic E-state index is 0.00874. The first-order valence-electron chi connectivity index (χ1n) is 11.0. The summed E-state index contributed by atoms with van der Waals surface area (Å²) < 4.78 is 24.0. The smallest absolute Gasteiger partial charge is 0.238 e. The van der Waals surface area contributed by atoms with E-state index in [1.165, 1.54) is 18.5 Å². The summed E-state index contributed by atoms with van der Waals surface area (Å²) in [5.41, 5.74) is 3.55. The van der Waals surface area contributed by atoms with Gasteiger partial charge in [0.15, 0.2) is 5.78 Å². The van der Waals surface area contributed by atoms with E-state index in [1.54, 1.807) is 24.3 Å². The number of allylic oxidation sites excluding steroid dienone is 2. The molecule has 0 fully saturated rings. The number of ketones is 1. The minimum atomic E-state index is -3.85. The zero-order valence-electron chi connectivity index (χ0n) is 19.1. The van der Waals surface area contributed by atoms with Crippen LogP contribution in [0.3, 0.4) is 0 Å². The highest BCUT2D eigenvalue weighted by molar-refractivity contribution is 7.89. The van der Waals surface area contributed by atoms with Crippen LogP contribution >= 0.6 is 23.8 Å². The second kappa shape index (κ2) is 8.37. The van der Waals surface area contributed by atoms with Gasteiger partial charge in [-0.25, -0.2) is 18.5 Å². The zero-order valence-corrected chi connectivity index (χ0v) is 21.5. The molecule has 0 saturated carbocycles. The number of rotatable bonds is 3. The molecule has 7 nitrogen and oxygen atoms in total. The lowest BCUT2D eigenvalue weighted by Gasteiger charge is -2.44. The highest BCUT2D eigenvalue weighted by atomic mass is 35.5. The number of hydrogen-bond donors (Lipinski definition) is 2. The Morgan fingerprint density at radius 3 is 2.40 bits per heavy atom. The van der Waals surface area contributed by atoms with Gasteiger partial charge in [0.2, 0.25) is 10.0 Å². The maximum atomic E-state index is 13.7. The van der Waals surface area contributed by atoms with E-state index in [-0.39, 0.29) is 16.1 Å². The molecule has 2 aliphatic rings. The van der Waals surface area contributed by atoms with Gasteiger partial charge < -0.3 is 4.98 Å². The van der Waals surface area contributed by atoms with Crippen molar-refractivity contribution >= 4 is 51.1 Å². The van der Waals surface area contributed by atoms with Gasteiger partial charge in [0.1, 0.15) is 10.5 Å². The monoisotopic (exact) mass is 526 g/mol. The zero-order chi connectivity index (χ0) is 25.1. The third-order valence-electron chi connectivity index (χ3n) is 6.46. The number of hydrogen-bond acceptors (Lipinski definition) is 6. The predicted molar refractivity (Wildman–Crippen MR) is 138 cm³/mol. The topological polar surface area (TPSA) is 109 Å². The Morgan fingerprint density at radius 1 is 1.11 bits per heavy atom. The normalized spacial score (nSPS) is 19.4. The Bertz CT molecular complexity index is 1540. The molecule has 1 atom stereocenters. The minimum Gasteiger partial charge on any atom is -0.332 e. The van der Waals surface area contributed by atoms with Gasteiger partial charge >= 0.3 is 0 Å². The molecule has 10 heteroatoms. The fourth-order valence-electron chi connectivity index (χ4n) is 5.01. The van der Waals surface area contributed by atoms with Crippen LogP contribution in [0.25, 0.3) is 0 Å². The number of fused-ring (bicyclic) bond motifs is 1. The largest absolute Gasteiger partial charge is 0.332 e. The number of carbonyl (C=O) groups is 1. The molecule has 180 valence electrons. The van der Waals surface area contributed by atoms with Crippen LogP contribution in [0.15, 0.2) is 71.0 Å². The van der Waals surface area contributed by atoms with Crippen LogP contribution in [0.5, 0.6) is 0 Å². The second-order valence-electron chi connectivity index (χ2n) is 9.63. The number of anilines is 2. The first-order chi connectivity index (χ1) is 16.5. The summed E-state index contributed by atoms with van der Waals surface area (Å²) in [5, 5.41) is 5.90. The second-order valence-corrected chi connectivity index (χ2v) is 12.0. The number of carbonyl (C=O) groups excluding carboxylic acids is 1. The number of benzene rings is 2. The number of nitrogens with one attached hydrogen (secondary N) is 1. The number of sulfonamides is 1. The summed E-state index contributed by atoms with van der Waals surface area (Å²) in [6.45, 7) is 4.14. The van der Waals surface area contributed by atoms with E-state index in [2.05, 4.69) is 23.8 Å². The Kier molecular flexibility index (Phi) is 5.71. The summed E-state index contributed by atoms with van der Waals surface area (Å²) in [4.78, 5) is 23.2. The van der Waals surface area contributed by atoms with Crippen LogP contribution in [-0.4, -0.2) is 24.2 Å². The van der Waals surface area contributed by atoms with Crippen LogP contribution in [0.2, 0.25) is 5.02 Å². The number of aromatic nitrogens is 2. The molecule has 2 heterocycles. The fraction of sp³-hybridized carbons (Fsp3) is 0.240. The van der Waals surface area contributed by atoms with E-state index >= 15 is 0 Å². The predicted octanol–water partition coefficient (Wildman–Crippen LogP) is 5.37. The Hall–Kier alpha value is -2.85. The number of halogens is 1. The quantitative estimate of drug-likeness (QED) is 0.444. The third-order valence-corrected chi connectivity index (χ3v) is 7.97. The molecule has 0 bridgehead atoms. The molecular weight excluding hydrogens is 504 g/mol. The molecule has 1 aliphatic carbocycles. The molecule has 2 aromatic carbocycles. The van der Waals surface area contributed by atoms with Crippen molar-refractivity contribution in [3.05, 3.63) is 86.9 Å². The average molecular weight is 527 g/mol. The summed E-state index contributed by atoms with van der Waals surface area (Å²) in [5.74, 6) is 0.335. The lowest BCUT2D eigenvalue weighted by molar-refractivity contribution is -0.118. The molecule has 3 aromatic rings. The molecule has 1 aliphatic heterocycles. The van der Waals surface area contributed by atoms with E-state index in [0.29, 0.717) is 45.1 Å². The lowest BCUT2D eigenvalue weighted by atomic mass is 9.68. The Morgan fingerprint density at radius 2 is 1.77 bits per heavy atom. The number of primary sulfonamides is 1. The lowest BCUT2D eigenvalue weighted by Crippen LogP contribution is -2.38. The van der Waals surface area contributed by atoms with Gasteiger partial charge in [0, 0.05) is 39.9 Å². The highest BCUT2D eigenvalue weighted by Crippen LogP contribution is 2.53. The van der Waals surface area contributed by atoms with Crippen molar-refractivity contribution < 1.29 is 13.2 Å². The van der Waals surface area contributed by atoms with E-state index in [1.807, 2.05) is 17.0 Å². The molecule has 0 amide bonds. The number of aromatic amines is 1. The molecule has 5 rings (SSSR count). The van der Waals surface area contributed by atoms with Gasteiger partial charge in [-0.2, -0.15) is 0 Å². The molecular formula is C25H23ClN4O3S2. The fourth-order valence-corrected chi connectivity index (χ4v) is 5.92. The maximum absolute atomic E-state index is 13.7. The number of nitrogens with zero attached hydrogens (tertiary/aromatic N) is 2. The first-order valence-corrected chi connectivity index (χ1v) is 13.3. The molecule has 0 radical (unpaired) electrons. The van der Waals surface area contributed by atoms with Crippen molar-refractivity contribution in [3.63, 3.8) is 0 Å². The average Bonchev–Trinajstić information content (AvgIpc) is 2.77. The standard InChI is InChI=1S/C25H23ClN4O3S2/c1-25(2)11-18-21(19(31)12-25)20(14-3-5-15(26)6-4-14)22-23(28-13-29-24(22)34)30(18)16-7-9-17(10-8-16)35(27,32)33/h3-10,13,20H,11-12H2,1-2H3,(H2,27,32,33)(H,28,29,34). The number of H-pyrrole nitrogens is 1. The van der Waals surface area contributed by atoms with Gasteiger partial charge in [-0.3, -0.25) is 9.69 Å². The van der Waals surface area contributed by atoms with Crippen molar-refractivity contribution in [2.45, 2.75) is 37.5 Å². The number of Topliss-reactive ketones (excluding diaryl/α,β-unsaturated/α-hetero) is 1. The number of nitrogens with two attached hydrogens (primary N) is 1. The van der Waals surface area contributed by atoms with Crippen LogP contribution < -0.4 is 10.0 Å². The summed E-state index contributed by atoms with van der Waals surface area (Å²) >= 11 is 11.8. The van der Waals surface area contributed by atoms with Crippen LogP contribution in [0, 0.1) is 10.1 Å². The molecule has 1 unspecified atom stereocenters. The Labute approximate surface area is 213 Å². The van der Waals surface area contributed by atoms with Crippen molar-refractivity contribution in [2.24, 2.45) is 10.6 Å². The van der Waals surface area contributed by atoms with Gasteiger partial charge in [0.05, 0.1) is 11.2 Å². The summed E-state index contributed by atoms with van der Waals surface area (Å²) in [6.07, 6.45) is 2.57. The van der Waals surface area contributed by atoms with E-state index in [9.17, 15) is 13.2 Å². The molecule has 35 heavy (non-hydrogen) atoms. The van der Waals surface area contributed by atoms with E-state index in [0.717, 1.165) is 11.3 Å². The van der Waals surface area contributed by atoms with Gasteiger partial charge in [0.25, 0.3) is 0 Å². The summed E-state index contributed by atoms with van der Waals surface area (Å²) in [7, 11) is -3.85. The molecule has 0 saturated heterocycles. The Balaban J connectivity index is 1.81. The van der Waals surface area contributed by atoms with Crippen LogP contribution in [0.1, 0.15) is 43.7 Å². The maximum Gasteiger partial charge on any atom is 0.238 e. The SMILES string of the molecule is CC1(C)CC(=O)C2=C(C1)N(c1ccc(S(N)(=O)=O)cc1)c1[nH]cnc(=S)c1C2c1ccc(Cl)cc1. The van der Waals surface area contributed by atoms with Crippen molar-refractivity contribution in [1.29, 1.82) is 0 Å². The molecule has 3 N–H and O–H groups in total. The van der Waals surface area contributed by atoms with Crippen molar-refractivity contribution in [1.82, 2.24) is 9.97 Å². The highest BCUT2D eigenvalue weighted by Gasteiger charge is 2.44. The van der Waals surface area contributed by atoms with Crippen LogP contribution in [0.4, 0.5) is 11.5 Å². The van der Waals surface area contributed by atoms with E-state index in [4.69, 9.17) is 29.0 Å². The van der Waals surface area contributed by atoms with Gasteiger partial charge in [-0.1, -0.05) is 49.8 Å². The van der Waals surface area contributed by atoms with Crippen molar-refractivity contribution in [3.8, 4) is 0 Å². The van der Waals surface area contributed by atoms with Gasteiger partial charge in [-0.05, 0) is 53.8 Å². The van der Waals surface area contributed by atoms with Crippen molar-refractivity contribution in [2.75, 3.05) is 4.90 Å². The van der Waals surface area contributed by atoms with Crippen LogP contribution in [-0.2, 0) is 14.8 Å². The van der Waals surface area contributed by atoms with Gasteiger partial charge in [-0.15, -0.1) is 0 Å². The third kappa shape index (κ3) is 4.23. The first kappa shape index (κ1) is 23.9. The van der Waals surface area contributed by atoms with E-state index < -0.39 is 15.9 Å². The molecule has 0 spiro atoms. The molecule has 1 aromatic heterocycles.